The molecule has 0 fully saturated rings. The fourth-order valence-corrected chi connectivity index (χ4v) is 0.699. The Bertz CT molecular complexity index is 241. The summed E-state index contributed by atoms with van der Waals surface area (Å²) in [5.41, 5.74) is 2.34. The van der Waals surface area contributed by atoms with Crippen LogP contribution in [0.5, 0.6) is 5.88 Å². The van der Waals surface area contributed by atoms with E-state index in [1.807, 2.05) is 6.92 Å². The highest BCUT2D eigenvalue weighted by molar-refractivity contribution is 5.25. The second-order valence-corrected chi connectivity index (χ2v) is 2.21. The molecule has 0 aromatic carbocycles. The lowest BCUT2D eigenvalue weighted by Crippen LogP contribution is -2.10. The molecule has 0 spiro atoms. The lowest BCUT2D eigenvalue weighted by molar-refractivity contribution is 0.305. The van der Waals surface area contributed by atoms with Gasteiger partial charge in [-0.3, -0.25) is 5.43 Å². The van der Waals surface area contributed by atoms with E-state index in [1.54, 1.807) is 12.3 Å². The fourth-order valence-electron chi connectivity index (χ4n) is 0.699. The van der Waals surface area contributed by atoms with Crippen LogP contribution in [-0.4, -0.2) is 16.6 Å². The van der Waals surface area contributed by atoms with E-state index in [1.165, 1.54) is 0 Å². The molecule has 0 saturated heterocycles. The van der Waals surface area contributed by atoms with Crippen LogP contribution in [0.25, 0.3) is 0 Å². The number of nitrogens with zero attached hydrogens (tertiary/aromatic N) is 2. The van der Waals surface area contributed by atoms with Gasteiger partial charge in [0.05, 0.1) is 6.61 Å². The number of anilines is 1. The van der Waals surface area contributed by atoms with E-state index in [2.05, 4.69) is 15.4 Å². The van der Waals surface area contributed by atoms with Crippen LogP contribution in [0.15, 0.2) is 12.3 Å². The Balaban J connectivity index is 2.60. The van der Waals surface area contributed by atoms with Gasteiger partial charge in [-0.1, -0.05) is 6.92 Å². The first-order chi connectivity index (χ1) is 5.86. The highest BCUT2D eigenvalue weighted by Gasteiger charge is 1.96. The summed E-state index contributed by atoms with van der Waals surface area (Å²) in [6.45, 7) is 2.68. The molecule has 1 aromatic heterocycles. The molecule has 1 aromatic rings. The average molecular weight is 168 g/mol. The van der Waals surface area contributed by atoms with Crippen molar-refractivity contribution in [2.24, 2.45) is 5.84 Å². The molecule has 0 unspecified atom stereocenters. The fraction of sp³-hybridized carbons (Fsp3) is 0.429. The average Bonchev–Trinajstić information content (AvgIpc) is 2.15. The minimum absolute atomic E-state index is 0.364. The van der Waals surface area contributed by atoms with Gasteiger partial charge in [-0.2, -0.15) is 4.98 Å². The molecular formula is C7H12N4O. The third-order valence-corrected chi connectivity index (χ3v) is 1.21. The Morgan fingerprint density at radius 3 is 3.17 bits per heavy atom. The first-order valence-electron chi connectivity index (χ1n) is 3.79. The van der Waals surface area contributed by atoms with Crippen LogP contribution in [0, 0.1) is 0 Å². The van der Waals surface area contributed by atoms with Gasteiger partial charge in [-0.15, -0.1) is 0 Å². The lowest BCUT2D eigenvalue weighted by Gasteiger charge is -2.03. The number of hydrazine groups is 1. The summed E-state index contributed by atoms with van der Waals surface area (Å²) in [7, 11) is 0. The molecule has 5 heteroatoms. The summed E-state index contributed by atoms with van der Waals surface area (Å²) in [4.78, 5) is 7.80. The summed E-state index contributed by atoms with van der Waals surface area (Å²) in [6, 6.07) is 1.69. The molecule has 1 heterocycles. The minimum atomic E-state index is 0.364. The number of nitrogen functional groups attached to an aromatic ring is 1. The molecule has 3 N–H and O–H groups in total. The Labute approximate surface area is 70.9 Å². The molecule has 0 aliphatic heterocycles. The van der Waals surface area contributed by atoms with Gasteiger partial charge >= 0.3 is 0 Å². The van der Waals surface area contributed by atoms with Crippen LogP contribution >= 0.6 is 0 Å². The number of nitrogens with one attached hydrogen (secondary N) is 1. The highest BCUT2D eigenvalue weighted by atomic mass is 16.5. The second-order valence-electron chi connectivity index (χ2n) is 2.21. The van der Waals surface area contributed by atoms with Crippen molar-refractivity contribution >= 4 is 5.95 Å². The van der Waals surface area contributed by atoms with E-state index in [0.29, 0.717) is 18.4 Å². The summed E-state index contributed by atoms with van der Waals surface area (Å²) in [6.07, 6.45) is 2.54. The van der Waals surface area contributed by atoms with Crippen molar-refractivity contribution in [3.63, 3.8) is 0 Å². The first kappa shape index (κ1) is 8.73. The molecule has 0 saturated carbocycles. The van der Waals surface area contributed by atoms with Gasteiger partial charge in [0.25, 0.3) is 0 Å². The van der Waals surface area contributed by atoms with Crippen LogP contribution < -0.4 is 16.0 Å². The van der Waals surface area contributed by atoms with Crippen molar-refractivity contribution in [1.82, 2.24) is 9.97 Å². The van der Waals surface area contributed by atoms with Crippen molar-refractivity contribution < 1.29 is 4.74 Å². The maximum Gasteiger partial charge on any atom is 0.240 e. The Kier molecular flexibility index (Phi) is 3.28. The van der Waals surface area contributed by atoms with Crippen LogP contribution in [0.2, 0.25) is 0 Å². The maximum absolute atomic E-state index is 5.25. The number of hydrogen-bond acceptors (Lipinski definition) is 5. The number of nitrogens with two attached hydrogens (primary N) is 1. The van der Waals surface area contributed by atoms with Crippen molar-refractivity contribution in [1.29, 1.82) is 0 Å². The van der Waals surface area contributed by atoms with Gasteiger partial charge < -0.3 is 4.74 Å². The highest BCUT2D eigenvalue weighted by Crippen LogP contribution is 2.06. The Hall–Kier alpha value is -1.36. The third-order valence-electron chi connectivity index (χ3n) is 1.21. The molecule has 0 amide bonds. The molecule has 12 heavy (non-hydrogen) atoms. The Morgan fingerprint density at radius 2 is 2.50 bits per heavy atom. The van der Waals surface area contributed by atoms with Crippen LogP contribution in [0.3, 0.4) is 0 Å². The minimum Gasteiger partial charge on any atom is -0.478 e. The van der Waals surface area contributed by atoms with Gasteiger partial charge in [-0.25, -0.2) is 10.8 Å². The topological polar surface area (TPSA) is 73.1 Å². The zero-order valence-corrected chi connectivity index (χ0v) is 6.95. The normalized spacial score (nSPS) is 9.50. The third kappa shape index (κ3) is 2.35. The molecule has 0 bridgehead atoms. The Morgan fingerprint density at radius 1 is 1.67 bits per heavy atom. The van der Waals surface area contributed by atoms with E-state index in [4.69, 9.17) is 10.6 Å². The zero-order chi connectivity index (χ0) is 8.81. The number of hydrogen-bond donors (Lipinski definition) is 2. The van der Waals surface area contributed by atoms with Crippen molar-refractivity contribution in [3.8, 4) is 5.88 Å². The van der Waals surface area contributed by atoms with Gasteiger partial charge in [0, 0.05) is 12.3 Å². The molecule has 0 radical (unpaired) electrons. The van der Waals surface area contributed by atoms with E-state index >= 15 is 0 Å². The number of ether oxygens (including phenoxy) is 1. The van der Waals surface area contributed by atoms with Gasteiger partial charge in [0.15, 0.2) is 0 Å². The predicted molar refractivity (Wildman–Crippen MR) is 45.6 cm³/mol. The second kappa shape index (κ2) is 4.50. The van der Waals surface area contributed by atoms with Gasteiger partial charge in [0.1, 0.15) is 0 Å². The molecule has 5 nitrogen and oxygen atoms in total. The van der Waals surface area contributed by atoms with E-state index < -0.39 is 0 Å². The molecular weight excluding hydrogens is 156 g/mol. The smallest absolute Gasteiger partial charge is 0.240 e. The zero-order valence-electron chi connectivity index (χ0n) is 6.95. The van der Waals surface area contributed by atoms with Crippen molar-refractivity contribution in [3.05, 3.63) is 12.3 Å². The molecule has 1 rings (SSSR count). The summed E-state index contributed by atoms with van der Waals surface area (Å²) in [5.74, 6) is 6.02. The van der Waals surface area contributed by atoms with E-state index in [0.717, 1.165) is 6.42 Å². The van der Waals surface area contributed by atoms with Gasteiger partial charge in [0.2, 0.25) is 11.8 Å². The number of aromatic nitrogens is 2. The molecule has 0 aliphatic carbocycles. The van der Waals surface area contributed by atoms with Crippen molar-refractivity contribution in [2.75, 3.05) is 12.0 Å². The summed E-state index contributed by atoms with van der Waals surface area (Å²) < 4.78 is 5.25. The van der Waals surface area contributed by atoms with Gasteiger partial charge in [-0.05, 0) is 6.42 Å². The molecule has 66 valence electrons. The quantitative estimate of drug-likeness (QED) is 0.507. The summed E-state index contributed by atoms with van der Waals surface area (Å²) >= 11 is 0. The van der Waals surface area contributed by atoms with Crippen LogP contribution in [0.1, 0.15) is 13.3 Å². The SMILES string of the molecule is CCCOc1ccnc(NN)n1. The van der Waals surface area contributed by atoms with Crippen LogP contribution in [-0.2, 0) is 0 Å². The van der Waals surface area contributed by atoms with E-state index in [-0.39, 0.29) is 0 Å². The largest absolute Gasteiger partial charge is 0.478 e. The van der Waals surface area contributed by atoms with Crippen LogP contribution in [0.4, 0.5) is 5.95 Å². The predicted octanol–water partition coefficient (Wildman–Crippen LogP) is 0.551. The maximum atomic E-state index is 5.25. The first-order valence-corrected chi connectivity index (χ1v) is 3.79. The standard InChI is InChI=1S/C7H12N4O/c1-2-5-12-6-3-4-9-7(10-6)11-8/h3-4H,2,5,8H2,1H3,(H,9,10,11). The molecule has 0 aliphatic rings. The van der Waals surface area contributed by atoms with Crippen molar-refractivity contribution in [2.45, 2.75) is 13.3 Å². The molecule has 0 atom stereocenters. The lowest BCUT2D eigenvalue weighted by atomic mass is 10.5. The van der Waals surface area contributed by atoms with E-state index in [9.17, 15) is 0 Å². The summed E-state index contributed by atoms with van der Waals surface area (Å²) in [5, 5.41) is 0. The monoisotopic (exact) mass is 168 g/mol. The number of rotatable bonds is 4.